The summed E-state index contributed by atoms with van der Waals surface area (Å²) in [4.78, 5) is 2.26. The van der Waals surface area contributed by atoms with Gasteiger partial charge in [0.2, 0.25) is 0 Å². The van der Waals surface area contributed by atoms with Crippen molar-refractivity contribution in [3.05, 3.63) is 35.0 Å². The molecule has 0 amide bonds. The first-order valence-electron chi connectivity index (χ1n) is 7.52. The molecule has 2 rings (SSSR count). The molecule has 21 heavy (non-hydrogen) atoms. The van der Waals surface area contributed by atoms with Crippen molar-refractivity contribution < 1.29 is 4.42 Å². The minimum Gasteiger partial charge on any atom is -0.459 e. The molecule has 116 valence electrons. The SMILES string of the molecule is CCNC(c1cc2cc(Cl)ccc2o1)C(C)(CC)N(C)C. The zero-order valence-electron chi connectivity index (χ0n) is 13.5. The average Bonchev–Trinajstić information content (AvgIpc) is 2.86. The van der Waals surface area contributed by atoms with Crippen LogP contribution in [0.1, 0.15) is 39.0 Å². The molecule has 2 aromatic rings. The summed E-state index contributed by atoms with van der Waals surface area (Å²) in [6.45, 7) is 7.49. The van der Waals surface area contributed by atoms with Gasteiger partial charge in [0.15, 0.2) is 0 Å². The van der Waals surface area contributed by atoms with Crippen molar-refractivity contribution in [2.24, 2.45) is 0 Å². The molecule has 1 aromatic carbocycles. The Morgan fingerprint density at radius 2 is 2.00 bits per heavy atom. The summed E-state index contributed by atoms with van der Waals surface area (Å²) in [7, 11) is 4.24. The molecule has 0 bridgehead atoms. The van der Waals surface area contributed by atoms with E-state index in [1.54, 1.807) is 0 Å². The van der Waals surface area contributed by atoms with Gasteiger partial charge in [0, 0.05) is 15.9 Å². The minimum absolute atomic E-state index is 0.0202. The van der Waals surface area contributed by atoms with Gasteiger partial charge >= 0.3 is 0 Å². The molecule has 1 aromatic heterocycles. The van der Waals surface area contributed by atoms with Crippen molar-refractivity contribution in [3.63, 3.8) is 0 Å². The number of nitrogens with one attached hydrogen (secondary N) is 1. The Bertz CT molecular complexity index is 608. The van der Waals surface area contributed by atoms with Crippen LogP contribution in [0.15, 0.2) is 28.7 Å². The lowest BCUT2D eigenvalue weighted by molar-refractivity contribution is 0.103. The molecule has 0 aliphatic carbocycles. The van der Waals surface area contributed by atoms with E-state index in [-0.39, 0.29) is 11.6 Å². The highest BCUT2D eigenvalue weighted by Gasteiger charge is 2.37. The van der Waals surface area contributed by atoms with E-state index in [1.807, 2.05) is 18.2 Å². The molecule has 0 aliphatic rings. The second-order valence-corrected chi connectivity index (χ2v) is 6.36. The second kappa shape index (κ2) is 6.39. The Morgan fingerprint density at radius 3 is 2.57 bits per heavy atom. The monoisotopic (exact) mass is 308 g/mol. The number of furan rings is 1. The van der Waals surface area contributed by atoms with Crippen molar-refractivity contribution in [3.8, 4) is 0 Å². The maximum Gasteiger partial charge on any atom is 0.134 e. The first-order valence-corrected chi connectivity index (χ1v) is 7.90. The molecule has 2 atom stereocenters. The highest BCUT2D eigenvalue weighted by molar-refractivity contribution is 6.31. The summed E-state index contributed by atoms with van der Waals surface area (Å²) in [5, 5.41) is 5.37. The van der Waals surface area contributed by atoms with E-state index in [1.165, 1.54) is 0 Å². The molecule has 0 radical (unpaired) electrons. The fourth-order valence-corrected chi connectivity index (χ4v) is 2.97. The number of nitrogens with zero attached hydrogens (tertiary/aromatic N) is 1. The molecule has 4 heteroatoms. The molecular formula is C17H25ClN2O. The molecule has 0 aliphatic heterocycles. The molecule has 0 spiro atoms. The van der Waals surface area contributed by atoms with E-state index in [0.29, 0.717) is 0 Å². The fraction of sp³-hybridized carbons (Fsp3) is 0.529. The van der Waals surface area contributed by atoms with Gasteiger partial charge in [0.1, 0.15) is 11.3 Å². The minimum atomic E-state index is -0.0202. The van der Waals surface area contributed by atoms with E-state index in [9.17, 15) is 0 Å². The van der Waals surface area contributed by atoms with Crippen molar-refractivity contribution in [1.82, 2.24) is 10.2 Å². The highest BCUT2D eigenvalue weighted by Crippen LogP contribution is 2.36. The average molecular weight is 309 g/mol. The number of hydrogen-bond donors (Lipinski definition) is 1. The van der Waals surface area contributed by atoms with Gasteiger partial charge in [-0.3, -0.25) is 0 Å². The van der Waals surface area contributed by atoms with Gasteiger partial charge in [-0.05, 0) is 58.3 Å². The maximum absolute atomic E-state index is 6.09. The molecule has 1 heterocycles. The Labute approximate surface area is 132 Å². The lowest BCUT2D eigenvalue weighted by atomic mass is 9.86. The standard InChI is InChI=1S/C17H25ClN2O/c1-6-17(3,20(4)5)16(19-7-2)15-11-12-10-13(18)8-9-14(12)21-15/h8-11,16,19H,6-7H2,1-5H3. The summed E-state index contributed by atoms with van der Waals surface area (Å²) in [6, 6.07) is 7.99. The van der Waals surface area contributed by atoms with Crippen LogP contribution >= 0.6 is 11.6 Å². The molecular weight excluding hydrogens is 284 g/mol. The van der Waals surface area contributed by atoms with Gasteiger partial charge in [-0.2, -0.15) is 0 Å². The number of fused-ring (bicyclic) bond motifs is 1. The summed E-state index contributed by atoms with van der Waals surface area (Å²) < 4.78 is 6.09. The van der Waals surface area contributed by atoms with Gasteiger partial charge in [0.05, 0.1) is 6.04 Å². The molecule has 0 saturated carbocycles. The predicted octanol–water partition coefficient (Wildman–Crippen LogP) is 4.47. The quantitative estimate of drug-likeness (QED) is 0.853. The third-order valence-corrected chi connectivity index (χ3v) is 4.78. The second-order valence-electron chi connectivity index (χ2n) is 5.93. The zero-order chi connectivity index (χ0) is 15.6. The number of likely N-dealkylation sites (N-methyl/N-ethyl adjacent to an activating group) is 2. The van der Waals surface area contributed by atoms with Crippen molar-refractivity contribution in [2.75, 3.05) is 20.6 Å². The van der Waals surface area contributed by atoms with Crippen LogP contribution in [0.25, 0.3) is 11.0 Å². The van der Waals surface area contributed by atoms with Gasteiger partial charge in [-0.15, -0.1) is 0 Å². The highest BCUT2D eigenvalue weighted by atomic mass is 35.5. The van der Waals surface area contributed by atoms with Crippen molar-refractivity contribution in [2.45, 2.75) is 38.8 Å². The maximum atomic E-state index is 6.09. The largest absolute Gasteiger partial charge is 0.459 e. The third kappa shape index (κ3) is 3.10. The van der Waals surface area contributed by atoms with Crippen LogP contribution in [0, 0.1) is 0 Å². The first-order chi connectivity index (χ1) is 9.92. The molecule has 0 fully saturated rings. The van der Waals surface area contributed by atoms with Crippen LogP contribution in [0.4, 0.5) is 0 Å². The van der Waals surface area contributed by atoms with Gasteiger partial charge in [-0.25, -0.2) is 0 Å². The summed E-state index contributed by atoms with van der Waals surface area (Å²) >= 11 is 6.07. The molecule has 1 N–H and O–H groups in total. The Balaban J connectivity index is 2.49. The van der Waals surface area contributed by atoms with Crippen LogP contribution in [-0.4, -0.2) is 31.1 Å². The number of hydrogen-bond acceptors (Lipinski definition) is 3. The van der Waals surface area contributed by atoms with Crippen LogP contribution in [0.5, 0.6) is 0 Å². The smallest absolute Gasteiger partial charge is 0.134 e. The lowest BCUT2D eigenvalue weighted by Gasteiger charge is -2.42. The van der Waals surface area contributed by atoms with E-state index in [0.717, 1.165) is 34.7 Å². The van der Waals surface area contributed by atoms with Crippen LogP contribution in [0.2, 0.25) is 5.02 Å². The van der Waals surface area contributed by atoms with Gasteiger partial charge in [0.25, 0.3) is 0 Å². The third-order valence-electron chi connectivity index (χ3n) is 4.55. The van der Waals surface area contributed by atoms with E-state index < -0.39 is 0 Å². The number of halogens is 1. The summed E-state index contributed by atoms with van der Waals surface area (Å²) in [6.07, 6.45) is 1.02. The van der Waals surface area contributed by atoms with Crippen LogP contribution < -0.4 is 5.32 Å². The molecule has 3 nitrogen and oxygen atoms in total. The Kier molecular flexibility index (Phi) is 4.97. The van der Waals surface area contributed by atoms with E-state index >= 15 is 0 Å². The molecule has 2 unspecified atom stereocenters. The van der Waals surface area contributed by atoms with Crippen LogP contribution in [0.3, 0.4) is 0 Å². The number of rotatable bonds is 6. The Hall–Kier alpha value is -1.03. The van der Waals surface area contributed by atoms with Gasteiger partial charge in [-0.1, -0.05) is 25.4 Å². The summed E-state index contributed by atoms with van der Waals surface area (Å²) in [5.74, 6) is 0.965. The van der Waals surface area contributed by atoms with Crippen molar-refractivity contribution in [1.29, 1.82) is 0 Å². The van der Waals surface area contributed by atoms with E-state index in [2.05, 4.69) is 51.1 Å². The summed E-state index contributed by atoms with van der Waals surface area (Å²) in [5.41, 5.74) is 0.864. The topological polar surface area (TPSA) is 28.4 Å². The van der Waals surface area contributed by atoms with Crippen molar-refractivity contribution >= 4 is 22.6 Å². The first kappa shape index (κ1) is 16.3. The van der Waals surface area contributed by atoms with Crippen LogP contribution in [-0.2, 0) is 0 Å². The van der Waals surface area contributed by atoms with E-state index in [4.69, 9.17) is 16.0 Å². The Morgan fingerprint density at radius 1 is 1.29 bits per heavy atom. The van der Waals surface area contributed by atoms with Gasteiger partial charge < -0.3 is 14.6 Å². The predicted molar refractivity (Wildman–Crippen MR) is 90.0 cm³/mol. The molecule has 0 saturated heterocycles. The fourth-order valence-electron chi connectivity index (χ4n) is 2.79. The lowest BCUT2D eigenvalue weighted by Crippen LogP contribution is -2.51. The number of benzene rings is 1. The zero-order valence-corrected chi connectivity index (χ0v) is 14.3. The normalized spacial score (nSPS) is 16.3.